The first-order valence-electron chi connectivity index (χ1n) is 8.00. The third kappa shape index (κ3) is 2.83. The SMILES string of the molecule is CCCCc1cc(C)c(C)c(-c2c(O)ccc(C)c2C)c1O. The molecule has 2 nitrogen and oxygen atoms in total. The smallest absolute Gasteiger partial charge is 0.127 e. The molecule has 0 saturated heterocycles. The first kappa shape index (κ1) is 16.4. The summed E-state index contributed by atoms with van der Waals surface area (Å²) in [5.41, 5.74) is 6.83. The highest BCUT2D eigenvalue weighted by Gasteiger charge is 2.19. The summed E-state index contributed by atoms with van der Waals surface area (Å²) in [4.78, 5) is 0. The molecule has 0 amide bonds. The molecular weight excluding hydrogens is 272 g/mol. The maximum Gasteiger partial charge on any atom is 0.127 e. The van der Waals surface area contributed by atoms with Crippen molar-refractivity contribution < 1.29 is 10.2 Å². The van der Waals surface area contributed by atoms with E-state index in [2.05, 4.69) is 19.9 Å². The molecule has 2 aromatic carbocycles. The van der Waals surface area contributed by atoms with Gasteiger partial charge < -0.3 is 10.2 Å². The highest BCUT2D eigenvalue weighted by molar-refractivity contribution is 5.83. The molecule has 0 saturated carbocycles. The normalized spacial score (nSPS) is 11.0. The molecule has 0 unspecified atom stereocenters. The Bertz CT molecular complexity index is 700. The number of hydrogen-bond donors (Lipinski definition) is 2. The fourth-order valence-electron chi connectivity index (χ4n) is 2.95. The average Bonchev–Trinajstić information content (AvgIpc) is 2.49. The standard InChI is InChI=1S/C20H26O2/c1-6-7-8-16-11-13(3)15(5)19(20(16)22)18-14(4)12(2)9-10-17(18)21/h9-11,21-22H,6-8H2,1-5H3. The van der Waals surface area contributed by atoms with Crippen molar-refractivity contribution in [2.75, 3.05) is 0 Å². The van der Waals surface area contributed by atoms with E-state index in [0.29, 0.717) is 5.75 Å². The average molecular weight is 298 g/mol. The van der Waals surface area contributed by atoms with Crippen molar-refractivity contribution in [3.63, 3.8) is 0 Å². The molecule has 0 fully saturated rings. The predicted molar refractivity (Wildman–Crippen MR) is 92.8 cm³/mol. The number of aromatic hydroxyl groups is 2. The van der Waals surface area contributed by atoms with Gasteiger partial charge in [0.25, 0.3) is 0 Å². The lowest BCUT2D eigenvalue weighted by Gasteiger charge is -2.19. The molecule has 118 valence electrons. The van der Waals surface area contributed by atoms with Crippen LogP contribution >= 0.6 is 0 Å². The third-order valence-electron chi connectivity index (χ3n) is 4.66. The van der Waals surface area contributed by atoms with Crippen molar-refractivity contribution in [3.8, 4) is 22.6 Å². The van der Waals surface area contributed by atoms with E-state index in [-0.39, 0.29) is 5.75 Å². The van der Waals surface area contributed by atoms with E-state index in [4.69, 9.17) is 0 Å². The van der Waals surface area contributed by atoms with Crippen LogP contribution in [0.4, 0.5) is 0 Å². The molecule has 0 spiro atoms. The van der Waals surface area contributed by atoms with Gasteiger partial charge in [0.1, 0.15) is 11.5 Å². The van der Waals surface area contributed by atoms with Crippen LogP contribution in [0.15, 0.2) is 18.2 Å². The van der Waals surface area contributed by atoms with Gasteiger partial charge in [0.15, 0.2) is 0 Å². The predicted octanol–water partition coefficient (Wildman–Crippen LogP) is 5.34. The summed E-state index contributed by atoms with van der Waals surface area (Å²) >= 11 is 0. The van der Waals surface area contributed by atoms with Crippen LogP contribution in [0.1, 0.15) is 47.6 Å². The van der Waals surface area contributed by atoms with Crippen molar-refractivity contribution in [2.45, 2.75) is 53.9 Å². The molecule has 0 aliphatic rings. The van der Waals surface area contributed by atoms with E-state index in [1.165, 1.54) is 0 Å². The summed E-state index contributed by atoms with van der Waals surface area (Å²) in [5, 5.41) is 21.2. The summed E-state index contributed by atoms with van der Waals surface area (Å²) in [7, 11) is 0. The Labute approximate surface area is 133 Å². The summed E-state index contributed by atoms with van der Waals surface area (Å²) in [5.74, 6) is 0.550. The van der Waals surface area contributed by atoms with Crippen LogP contribution < -0.4 is 0 Å². The lowest BCUT2D eigenvalue weighted by atomic mass is 9.87. The summed E-state index contributed by atoms with van der Waals surface area (Å²) in [6.07, 6.45) is 3.01. The molecule has 2 rings (SSSR count). The molecule has 2 heteroatoms. The number of hydrogen-bond acceptors (Lipinski definition) is 2. The zero-order chi connectivity index (χ0) is 16.4. The molecule has 0 heterocycles. The topological polar surface area (TPSA) is 40.5 Å². The molecule has 2 N–H and O–H groups in total. The van der Waals surface area contributed by atoms with Crippen LogP contribution in [-0.2, 0) is 6.42 Å². The van der Waals surface area contributed by atoms with Gasteiger partial charge in [-0.05, 0) is 74.4 Å². The Morgan fingerprint density at radius 2 is 1.50 bits per heavy atom. The molecule has 22 heavy (non-hydrogen) atoms. The molecule has 0 aliphatic heterocycles. The van der Waals surface area contributed by atoms with Gasteiger partial charge in [0.2, 0.25) is 0 Å². The third-order valence-corrected chi connectivity index (χ3v) is 4.66. The molecule has 0 aromatic heterocycles. The van der Waals surface area contributed by atoms with Crippen LogP contribution in [0.25, 0.3) is 11.1 Å². The van der Waals surface area contributed by atoms with Gasteiger partial charge in [-0.3, -0.25) is 0 Å². The summed E-state index contributed by atoms with van der Waals surface area (Å²) in [6.45, 7) is 10.2. The Balaban J connectivity index is 2.75. The van der Waals surface area contributed by atoms with Gasteiger partial charge in [-0.25, -0.2) is 0 Å². The van der Waals surface area contributed by atoms with Crippen LogP contribution in [0.3, 0.4) is 0 Å². The van der Waals surface area contributed by atoms with Gasteiger partial charge >= 0.3 is 0 Å². The van der Waals surface area contributed by atoms with Crippen LogP contribution in [0.2, 0.25) is 0 Å². The zero-order valence-corrected chi connectivity index (χ0v) is 14.2. The minimum atomic E-state index is 0.230. The number of aryl methyl sites for hydroxylation is 3. The van der Waals surface area contributed by atoms with Crippen LogP contribution in [0, 0.1) is 27.7 Å². The second-order valence-corrected chi connectivity index (χ2v) is 6.21. The molecule has 0 radical (unpaired) electrons. The lowest BCUT2D eigenvalue weighted by molar-refractivity contribution is 0.463. The Morgan fingerprint density at radius 1 is 0.864 bits per heavy atom. The highest BCUT2D eigenvalue weighted by Crippen LogP contribution is 2.43. The van der Waals surface area contributed by atoms with Gasteiger partial charge in [-0.2, -0.15) is 0 Å². The number of phenols is 2. The Morgan fingerprint density at radius 3 is 2.14 bits per heavy atom. The number of rotatable bonds is 4. The molecular formula is C20H26O2. The van der Waals surface area contributed by atoms with Crippen molar-refractivity contribution in [2.24, 2.45) is 0 Å². The Kier molecular flexibility index (Phi) is 4.80. The largest absolute Gasteiger partial charge is 0.507 e. The molecule has 0 bridgehead atoms. The molecule has 2 aromatic rings. The van der Waals surface area contributed by atoms with Crippen molar-refractivity contribution in [3.05, 3.63) is 46.0 Å². The number of benzene rings is 2. The van der Waals surface area contributed by atoms with Crippen molar-refractivity contribution in [1.82, 2.24) is 0 Å². The Hall–Kier alpha value is -1.96. The van der Waals surface area contributed by atoms with E-state index in [1.54, 1.807) is 6.07 Å². The zero-order valence-electron chi connectivity index (χ0n) is 14.2. The minimum Gasteiger partial charge on any atom is -0.507 e. The van der Waals surface area contributed by atoms with Crippen LogP contribution in [-0.4, -0.2) is 10.2 Å². The quantitative estimate of drug-likeness (QED) is 0.799. The fraction of sp³-hybridized carbons (Fsp3) is 0.400. The summed E-state index contributed by atoms with van der Waals surface area (Å²) < 4.78 is 0. The monoisotopic (exact) mass is 298 g/mol. The minimum absolute atomic E-state index is 0.230. The van der Waals surface area contributed by atoms with E-state index in [9.17, 15) is 10.2 Å². The van der Waals surface area contributed by atoms with Gasteiger partial charge in [-0.15, -0.1) is 0 Å². The summed E-state index contributed by atoms with van der Waals surface area (Å²) in [6, 6.07) is 5.70. The van der Waals surface area contributed by atoms with Crippen molar-refractivity contribution in [1.29, 1.82) is 0 Å². The van der Waals surface area contributed by atoms with Crippen molar-refractivity contribution >= 4 is 0 Å². The maximum absolute atomic E-state index is 10.8. The first-order chi connectivity index (χ1) is 10.4. The lowest BCUT2D eigenvalue weighted by Crippen LogP contribution is -1.98. The molecule has 0 atom stereocenters. The van der Waals surface area contributed by atoms with Crippen LogP contribution in [0.5, 0.6) is 11.5 Å². The first-order valence-corrected chi connectivity index (χ1v) is 8.00. The van der Waals surface area contributed by atoms with Gasteiger partial charge in [-0.1, -0.05) is 25.5 Å². The van der Waals surface area contributed by atoms with E-state index < -0.39 is 0 Å². The van der Waals surface area contributed by atoms with Gasteiger partial charge in [0, 0.05) is 11.1 Å². The second kappa shape index (κ2) is 6.43. The fourth-order valence-corrected chi connectivity index (χ4v) is 2.95. The second-order valence-electron chi connectivity index (χ2n) is 6.21. The molecule has 0 aliphatic carbocycles. The highest BCUT2D eigenvalue weighted by atomic mass is 16.3. The van der Waals surface area contributed by atoms with E-state index in [1.807, 2.05) is 26.8 Å². The number of phenolic OH excluding ortho intramolecular Hbond substituents is 2. The van der Waals surface area contributed by atoms with Gasteiger partial charge in [0.05, 0.1) is 0 Å². The van der Waals surface area contributed by atoms with E-state index in [0.717, 1.165) is 58.2 Å². The van der Waals surface area contributed by atoms with E-state index >= 15 is 0 Å². The maximum atomic E-state index is 10.8. The number of unbranched alkanes of at least 4 members (excludes halogenated alkanes) is 1.